The van der Waals surface area contributed by atoms with Gasteiger partial charge in [-0.25, -0.2) is 9.13 Å². The van der Waals surface area contributed by atoms with Crippen LogP contribution in [-0.4, -0.2) is 96.7 Å². The standard InChI is InChI=1S/C78H152O17P2/c1-9-71(8)57-49-41-33-25-19-15-11-13-16-20-26-34-42-50-58-75(80)88-64-73(94-77(82)60-52-44-35-27-21-17-12-10-14-18-23-30-38-46-54-68(2)3)66-92-96(84,85)90-62-72(79)63-91-97(86,87)93-67-74(65-89-76(81)59-51-43-37-29-32-40-48-56-70(6)7)95-78(83)61-53-45-36-28-22-24-31-39-47-55-69(4)5/h68-74,79H,9-67H2,1-8H3,(H,84,85)(H,86,87)/t71?,72?,73-,74-/m1/s1. The van der Waals surface area contributed by atoms with E-state index in [-0.39, 0.29) is 25.7 Å². The molecule has 576 valence electrons. The molecule has 0 fully saturated rings. The van der Waals surface area contributed by atoms with Crippen molar-refractivity contribution in [3.8, 4) is 0 Å². The van der Waals surface area contributed by atoms with E-state index in [1.807, 2.05) is 0 Å². The van der Waals surface area contributed by atoms with Crippen LogP contribution in [0.3, 0.4) is 0 Å². The molecule has 0 bridgehead atoms. The molecule has 0 spiro atoms. The summed E-state index contributed by atoms with van der Waals surface area (Å²) < 4.78 is 68.6. The first-order chi connectivity index (χ1) is 46.6. The number of carbonyl (C=O) groups excluding carboxylic acids is 4. The fourth-order valence-corrected chi connectivity index (χ4v) is 13.5. The normalized spacial score (nSPS) is 14.4. The molecule has 6 atom stereocenters. The number of rotatable bonds is 75. The summed E-state index contributed by atoms with van der Waals surface area (Å²) in [5.41, 5.74) is 0. The number of aliphatic hydroxyl groups is 1. The molecular formula is C78H152O17P2. The maximum absolute atomic E-state index is 13.1. The maximum Gasteiger partial charge on any atom is 0.472 e. The molecule has 0 heterocycles. The SMILES string of the molecule is CCC(C)CCCCCCCCCCCCCCCCC(=O)OC[C@H](COP(=O)(O)OCC(O)COP(=O)(O)OC[C@@H](COC(=O)CCCCCCCCCC(C)C)OC(=O)CCCCCCCCCCCC(C)C)OC(=O)CCCCCCCCCCCCCCCCC(C)C. The quantitative estimate of drug-likeness (QED) is 0.0222. The Labute approximate surface area is 594 Å². The Bertz CT molecular complexity index is 1900. The summed E-state index contributed by atoms with van der Waals surface area (Å²) in [6, 6.07) is 0. The van der Waals surface area contributed by atoms with Crippen molar-refractivity contribution in [2.24, 2.45) is 23.7 Å². The van der Waals surface area contributed by atoms with Crippen molar-refractivity contribution in [3.63, 3.8) is 0 Å². The topological polar surface area (TPSA) is 237 Å². The second-order valence-corrected chi connectivity index (χ2v) is 32.7. The van der Waals surface area contributed by atoms with Gasteiger partial charge in [0.1, 0.15) is 19.3 Å². The van der Waals surface area contributed by atoms with Gasteiger partial charge < -0.3 is 33.8 Å². The van der Waals surface area contributed by atoms with Gasteiger partial charge in [-0.05, 0) is 49.4 Å². The summed E-state index contributed by atoms with van der Waals surface area (Å²) in [5.74, 6) is 0.967. The van der Waals surface area contributed by atoms with Crippen LogP contribution in [0.5, 0.6) is 0 Å². The Kier molecular flexibility index (Phi) is 65.9. The lowest BCUT2D eigenvalue weighted by Crippen LogP contribution is -2.30. The van der Waals surface area contributed by atoms with Crippen LogP contribution in [0.25, 0.3) is 0 Å². The third-order valence-electron chi connectivity index (χ3n) is 18.4. The minimum atomic E-state index is -4.96. The summed E-state index contributed by atoms with van der Waals surface area (Å²) in [6.07, 6.45) is 52.8. The zero-order valence-corrected chi connectivity index (χ0v) is 65.5. The van der Waals surface area contributed by atoms with Crippen LogP contribution in [0.2, 0.25) is 0 Å². The molecule has 3 N–H and O–H groups in total. The number of esters is 4. The predicted octanol–water partition coefficient (Wildman–Crippen LogP) is 22.8. The van der Waals surface area contributed by atoms with Crippen molar-refractivity contribution in [1.29, 1.82) is 0 Å². The molecule has 19 heteroatoms. The maximum atomic E-state index is 13.1. The molecule has 0 saturated carbocycles. The highest BCUT2D eigenvalue weighted by Crippen LogP contribution is 2.45. The summed E-state index contributed by atoms with van der Waals surface area (Å²) in [7, 11) is -9.92. The van der Waals surface area contributed by atoms with Crippen LogP contribution >= 0.6 is 15.6 Å². The van der Waals surface area contributed by atoms with Gasteiger partial charge in [-0.15, -0.1) is 0 Å². The third kappa shape index (κ3) is 70.9. The van der Waals surface area contributed by atoms with Gasteiger partial charge in [0.05, 0.1) is 26.4 Å². The molecule has 0 aliphatic carbocycles. The molecule has 0 aromatic heterocycles. The van der Waals surface area contributed by atoms with E-state index in [0.717, 1.165) is 114 Å². The molecule has 0 amide bonds. The second-order valence-electron chi connectivity index (χ2n) is 29.8. The van der Waals surface area contributed by atoms with Gasteiger partial charge in [-0.3, -0.25) is 37.3 Å². The first kappa shape index (κ1) is 95.1. The number of ether oxygens (including phenoxy) is 4. The molecule has 0 saturated heterocycles. The van der Waals surface area contributed by atoms with Crippen molar-refractivity contribution in [2.75, 3.05) is 39.6 Å². The largest absolute Gasteiger partial charge is 0.472 e. The van der Waals surface area contributed by atoms with Crippen molar-refractivity contribution in [1.82, 2.24) is 0 Å². The van der Waals surface area contributed by atoms with E-state index in [4.69, 9.17) is 37.0 Å². The van der Waals surface area contributed by atoms with E-state index in [1.54, 1.807) is 0 Å². The van der Waals surface area contributed by atoms with Crippen LogP contribution in [-0.2, 0) is 65.4 Å². The molecule has 0 aliphatic heterocycles. The fourth-order valence-electron chi connectivity index (χ4n) is 11.9. The molecule has 17 nitrogen and oxygen atoms in total. The smallest absolute Gasteiger partial charge is 0.462 e. The number of hydrogen-bond donors (Lipinski definition) is 3. The summed E-state index contributed by atoms with van der Waals surface area (Å²) in [6.45, 7) is 14.2. The number of carbonyl (C=O) groups is 4. The predicted molar refractivity (Wildman–Crippen MR) is 395 cm³/mol. The Morgan fingerprint density at radius 1 is 0.289 bits per heavy atom. The molecule has 0 aliphatic rings. The van der Waals surface area contributed by atoms with Crippen molar-refractivity contribution >= 4 is 39.5 Å². The Morgan fingerprint density at radius 2 is 0.495 bits per heavy atom. The van der Waals surface area contributed by atoms with Crippen molar-refractivity contribution in [3.05, 3.63) is 0 Å². The van der Waals surface area contributed by atoms with Crippen LogP contribution in [0, 0.1) is 23.7 Å². The van der Waals surface area contributed by atoms with Crippen molar-refractivity contribution < 1.29 is 80.2 Å². The molecule has 4 unspecified atom stereocenters. The van der Waals surface area contributed by atoms with Gasteiger partial charge in [-0.2, -0.15) is 0 Å². The van der Waals surface area contributed by atoms with E-state index in [0.29, 0.717) is 31.6 Å². The Balaban J connectivity index is 5.24. The molecular weight excluding hydrogens is 1270 g/mol. The van der Waals surface area contributed by atoms with Gasteiger partial charge in [-0.1, -0.05) is 344 Å². The number of aliphatic hydroxyl groups excluding tert-OH is 1. The van der Waals surface area contributed by atoms with Gasteiger partial charge in [0, 0.05) is 25.7 Å². The van der Waals surface area contributed by atoms with E-state index in [1.165, 1.54) is 193 Å². The molecule has 0 rings (SSSR count). The van der Waals surface area contributed by atoms with Gasteiger partial charge in [0.25, 0.3) is 0 Å². The van der Waals surface area contributed by atoms with Gasteiger partial charge in [0.2, 0.25) is 0 Å². The summed E-state index contributed by atoms with van der Waals surface area (Å²) in [4.78, 5) is 72.9. The van der Waals surface area contributed by atoms with Crippen LogP contribution < -0.4 is 0 Å². The average molecular weight is 1420 g/mol. The second kappa shape index (κ2) is 67.2. The van der Waals surface area contributed by atoms with Crippen LogP contribution in [0.15, 0.2) is 0 Å². The van der Waals surface area contributed by atoms with E-state index >= 15 is 0 Å². The molecule has 0 aromatic carbocycles. The van der Waals surface area contributed by atoms with E-state index < -0.39 is 97.5 Å². The monoisotopic (exact) mass is 1420 g/mol. The molecule has 0 radical (unpaired) electrons. The lowest BCUT2D eigenvalue weighted by Gasteiger charge is -2.21. The third-order valence-corrected chi connectivity index (χ3v) is 20.3. The number of phosphoric ester groups is 2. The van der Waals surface area contributed by atoms with Crippen LogP contribution in [0.4, 0.5) is 0 Å². The van der Waals surface area contributed by atoms with Gasteiger partial charge >= 0.3 is 39.5 Å². The summed E-state index contributed by atoms with van der Waals surface area (Å²) >= 11 is 0. The first-order valence-electron chi connectivity index (χ1n) is 40.2. The van der Waals surface area contributed by atoms with E-state index in [9.17, 15) is 43.2 Å². The number of phosphoric acid groups is 2. The minimum absolute atomic E-state index is 0.104. The highest BCUT2D eigenvalue weighted by atomic mass is 31.2. The van der Waals surface area contributed by atoms with Crippen molar-refractivity contribution in [2.45, 2.75) is 414 Å². The lowest BCUT2D eigenvalue weighted by molar-refractivity contribution is -0.161. The fraction of sp³-hybridized carbons (Fsp3) is 0.949. The lowest BCUT2D eigenvalue weighted by atomic mass is 9.99. The number of hydrogen-bond acceptors (Lipinski definition) is 15. The minimum Gasteiger partial charge on any atom is -0.462 e. The highest BCUT2D eigenvalue weighted by Gasteiger charge is 2.30. The van der Waals surface area contributed by atoms with Gasteiger partial charge in [0.15, 0.2) is 12.2 Å². The zero-order valence-electron chi connectivity index (χ0n) is 63.7. The molecule has 0 aromatic rings. The zero-order chi connectivity index (χ0) is 71.7. The summed E-state index contributed by atoms with van der Waals surface area (Å²) in [5, 5.41) is 10.6. The Hall–Kier alpha value is -1.94. The number of unbranched alkanes of at least 4 members (excludes halogenated alkanes) is 40. The molecule has 97 heavy (non-hydrogen) atoms. The van der Waals surface area contributed by atoms with E-state index in [2.05, 4.69) is 55.4 Å². The first-order valence-corrected chi connectivity index (χ1v) is 43.2. The van der Waals surface area contributed by atoms with Crippen LogP contribution in [0.1, 0.15) is 396 Å². The highest BCUT2D eigenvalue weighted by molar-refractivity contribution is 7.47. The Morgan fingerprint density at radius 3 is 0.732 bits per heavy atom. The average Bonchev–Trinajstić information content (AvgIpc) is 3.17.